The van der Waals surface area contributed by atoms with Crippen LogP contribution in [0.15, 0.2) is 47.4 Å². The molecule has 0 spiro atoms. The number of ether oxygens (including phenoxy) is 1. The quantitative estimate of drug-likeness (QED) is 0.639. The van der Waals surface area contributed by atoms with E-state index in [-0.39, 0.29) is 10.7 Å². The van der Waals surface area contributed by atoms with E-state index < -0.39 is 9.84 Å². The predicted molar refractivity (Wildman–Crippen MR) is 112 cm³/mol. The fraction of sp³-hybridized carbons (Fsp3) is 0.318. The van der Waals surface area contributed by atoms with Crippen molar-refractivity contribution in [1.29, 1.82) is 0 Å². The van der Waals surface area contributed by atoms with Gasteiger partial charge in [0.1, 0.15) is 18.2 Å². The van der Waals surface area contributed by atoms with Gasteiger partial charge in [-0.05, 0) is 67.3 Å². The molecular formula is C22H22FN3O3S. The number of aromatic nitrogens is 2. The molecule has 1 aliphatic carbocycles. The van der Waals surface area contributed by atoms with E-state index >= 15 is 0 Å². The molecule has 0 fully saturated rings. The van der Waals surface area contributed by atoms with Crippen LogP contribution in [0.25, 0.3) is 5.69 Å². The summed E-state index contributed by atoms with van der Waals surface area (Å²) in [6.45, 7) is 1.75. The topological polar surface area (TPSA) is 64.4 Å². The average molecular weight is 428 g/mol. The SMILES string of the molecule is CS(=O)(=O)c1ccc2c(c1)N(Cc1nn(-c3ccc(F)cc3)c3c1CCC3)CCO2. The van der Waals surface area contributed by atoms with Gasteiger partial charge in [0.05, 0.1) is 35.1 Å². The van der Waals surface area contributed by atoms with E-state index in [2.05, 4.69) is 4.90 Å². The minimum Gasteiger partial charge on any atom is -0.490 e. The van der Waals surface area contributed by atoms with E-state index in [9.17, 15) is 12.8 Å². The Morgan fingerprint density at radius 2 is 1.93 bits per heavy atom. The van der Waals surface area contributed by atoms with Crippen LogP contribution in [0.2, 0.25) is 0 Å². The van der Waals surface area contributed by atoms with Crippen molar-refractivity contribution in [2.45, 2.75) is 30.7 Å². The van der Waals surface area contributed by atoms with Gasteiger partial charge in [-0.2, -0.15) is 5.10 Å². The maximum absolute atomic E-state index is 13.4. The Morgan fingerprint density at radius 1 is 1.13 bits per heavy atom. The Labute approximate surface area is 174 Å². The zero-order valence-electron chi connectivity index (χ0n) is 16.6. The van der Waals surface area contributed by atoms with Crippen molar-refractivity contribution in [3.8, 4) is 11.4 Å². The third kappa shape index (κ3) is 3.35. The van der Waals surface area contributed by atoms with Crippen molar-refractivity contribution in [3.05, 3.63) is 65.2 Å². The standard InChI is InChI=1S/C22H22FN3O3S/c1-30(27,28)17-9-10-22-21(13-17)25(11-12-29-22)14-19-18-3-2-4-20(18)26(24-19)16-7-5-15(23)6-8-16/h5-10,13H,2-4,11-12,14H2,1H3. The molecule has 2 aromatic carbocycles. The van der Waals surface area contributed by atoms with Gasteiger partial charge >= 0.3 is 0 Å². The summed E-state index contributed by atoms with van der Waals surface area (Å²) in [5, 5.41) is 4.86. The second kappa shape index (κ2) is 7.12. The maximum atomic E-state index is 13.4. The highest BCUT2D eigenvalue weighted by Gasteiger charge is 2.27. The minimum absolute atomic E-state index is 0.269. The number of nitrogens with zero attached hydrogens (tertiary/aromatic N) is 3. The normalized spacial score (nSPS) is 15.6. The first-order valence-electron chi connectivity index (χ1n) is 9.97. The average Bonchev–Trinajstić information content (AvgIpc) is 3.32. The van der Waals surface area contributed by atoms with Gasteiger partial charge in [0, 0.05) is 11.9 Å². The van der Waals surface area contributed by atoms with Crippen LogP contribution >= 0.6 is 0 Å². The van der Waals surface area contributed by atoms with Gasteiger partial charge in [-0.3, -0.25) is 0 Å². The Hall–Kier alpha value is -2.87. The minimum atomic E-state index is -3.31. The van der Waals surface area contributed by atoms with Crippen molar-refractivity contribution >= 4 is 15.5 Å². The molecule has 3 aromatic rings. The van der Waals surface area contributed by atoms with E-state index in [0.717, 1.165) is 36.3 Å². The lowest BCUT2D eigenvalue weighted by Gasteiger charge is -2.31. The second-order valence-corrected chi connectivity index (χ2v) is 9.80. The summed E-state index contributed by atoms with van der Waals surface area (Å²) in [5.74, 6) is 0.414. The van der Waals surface area contributed by atoms with Crippen molar-refractivity contribution < 1.29 is 17.5 Å². The molecule has 0 bridgehead atoms. The van der Waals surface area contributed by atoms with Crippen LogP contribution in [-0.2, 0) is 29.2 Å². The Bertz CT molecular complexity index is 1220. The van der Waals surface area contributed by atoms with Crippen LogP contribution < -0.4 is 9.64 Å². The molecule has 0 saturated carbocycles. The molecule has 8 heteroatoms. The third-order valence-corrected chi connectivity index (χ3v) is 6.85. The maximum Gasteiger partial charge on any atom is 0.175 e. The highest BCUT2D eigenvalue weighted by Crippen LogP contribution is 2.36. The van der Waals surface area contributed by atoms with E-state index in [0.29, 0.717) is 25.4 Å². The van der Waals surface area contributed by atoms with E-state index in [1.165, 1.54) is 29.6 Å². The lowest BCUT2D eigenvalue weighted by atomic mass is 10.1. The number of sulfone groups is 1. The lowest BCUT2D eigenvalue weighted by Crippen LogP contribution is -2.32. The highest BCUT2D eigenvalue weighted by molar-refractivity contribution is 7.90. The smallest absolute Gasteiger partial charge is 0.175 e. The molecule has 0 atom stereocenters. The molecule has 1 aliphatic heterocycles. The van der Waals surface area contributed by atoms with Gasteiger partial charge in [-0.1, -0.05) is 0 Å². The molecule has 0 radical (unpaired) electrons. The van der Waals surface area contributed by atoms with Crippen LogP contribution in [0.4, 0.5) is 10.1 Å². The lowest BCUT2D eigenvalue weighted by molar-refractivity contribution is 0.306. The number of hydrogen-bond acceptors (Lipinski definition) is 5. The summed E-state index contributed by atoms with van der Waals surface area (Å²) in [7, 11) is -3.31. The summed E-state index contributed by atoms with van der Waals surface area (Å²) in [6.07, 6.45) is 4.18. The molecule has 0 amide bonds. The van der Waals surface area contributed by atoms with Gasteiger partial charge < -0.3 is 9.64 Å². The monoisotopic (exact) mass is 427 g/mol. The van der Waals surface area contributed by atoms with Crippen molar-refractivity contribution in [2.24, 2.45) is 0 Å². The molecule has 0 N–H and O–H groups in total. The van der Waals surface area contributed by atoms with Crippen LogP contribution in [0.3, 0.4) is 0 Å². The third-order valence-electron chi connectivity index (χ3n) is 5.74. The first-order valence-corrected chi connectivity index (χ1v) is 11.9. The summed E-state index contributed by atoms with van der Waals surface area (Å²) in [4.78, 5) is 2.41. The molecule has 2 aliphatic rings. The Kier molecular flexibility index (Phi) is 4.54. The van der Waals surface area contributed by atoms with Gasteiger partial charge in [0.25, 0.3) is 0 Å². The molecular weight excluding hydrogens is 405 g/mol. The van der Waals surface area contributed by atoms with Crippen molar-refractivity contribution in [3.63, 3.8) is 0 Å². The second-order valence-electron chi connectivity index (χ2n) is 7.79. The van der Waals surface area contributed by atoms with Crippen molar-refractivity contribution in [1.82, 2.24) is 9.78 Å². The van der Waals surface area contributed by atoms with Gasteiger partial charge in [0.15, 0.2) is 9.84 Å². The Morgan fingerprint density at radius 3 is 2.70 bits per heavy atom. The summed E-state index contributed by atoms with van der Waals surface area (Å²) >= 11 is 0. The first kappa shape index (κ1) is 19.1. The van der Waals surface area contributed by atoms with E-state index in [1.807, 2.05) is 4.68 Å². The molecule has 6 nitrogen and oxygen atoms in total. The van der Waals surface area contributed by atoms with Crippen LogP contribution in [-0.4, -0.2) is 37.6 Å². The van der Waals surface area contributed by atoms with Gasteiger partial charge in [-0.15, -0.1) is 0 Å². The summed E-state index contributed by atoms with van der Waals surface area (Å²) < 4.78 is 45.1. The molecule has 5 rings (SSSR count). The first-order chi connectivity index (χ1) is 14.4. The molecule has 1 aromatic heterocycles. The van der Waals surface area contributed by atoms with Crippen LogP contribution in [0, 0.1) is 5.82 Å². The number of rotatable bonds is 4. The van der Waals surface area contributed by atoms with Crippen LogP contribution in [0.5, 0.6) is 5.75 Å². The molecule has 156 valence electrons. The fourth-order valence-electron chi connectivity index (χ4n) is 4.26. The van der Waals surface area contributed by atoms with Gasteiger partial charge in [0.2, 0.25) is 0 Å². The predicted octanol–water partition coefficient (Wildman–Crippen LogP) is 3.30. The number of halogens is 1. The zero-order valence-corrected chi connectivity index (χ0v) is 17.5. The number of benzene rings is 2. The molecule has 30 heavy (non-hydrogen) atoms. The van der Waals surface area contributed by atoms with Gasteiger partial charge in [-0.25, -0.2) is 17.5 Å². The zero-order chi connectivity index (χ0) is 20.9. The van der Waals surface area contributed by atoms with E-state index in [1.54, 1.807) is 30.3 Å². The fourth-order valence-corrected chi connectivity index (χ4v) is 4.91. The summed E-state index contributed by atoms with van der Waals surface area (Å²) in [6, 6.07) is 11.4. The summed E-state index contributed by atoms with van der Waals surface area (Å²) in [5.41, 5.74) is 5.01. The van der Waals surface area contributed by atoms with Crippen molar-refractivity contribution in [2.75, 3.05) is 24.3 Å². The highest BCUT2D eigenvalue weighted by atomic mass is 32.2. The Balaban J connectivity index is 1.52. The van der Waals surface area contributed by atoms with Crippen LogP contribution in [0.1, 0.15) is 23.4 Å². The largest absolute Gasteiger partial charge is 0.490 e. The molecule has 2 heterocycles. The number of hydrogen-bond donors (Lipinski definition) is 0. The number of fused-ring (bicyclic) bond motifs is 2. The van der Waals surface area contributed by atoms with E-state index in [4.69, 9.17) is 9.84 Å². The molecule has 0 saturated heterocycles. The molecule has 0 unspecified atom stereocenters. The number of anilines is 1.